The summed E-state index contributed by atoms with van der Waals surface area (Å²) < 4.78 is 1.91. The number of thiazole rings is 1. The highest BCUT2D eigenvalue weighted by molar-refractivity contribution is 9.11. The molecule has 0 saturated carbocycles. The van der Waals surface area contributed by atoms with Crippen LogP contribution in [0.4, 0.5) is 0 Å². The fourth-order valence-corrected chi connectivity index (χ4v) is 4.49. The molecule has 0 spiro atoms. The summed E-state index contributed by atoms with van der Waals surface area (Å²) in [6, 6.07) is 2.00. The molecule has 0 amide bonds. The van der Waals surface area contributed by atoms with E-state index in [-0.39, 0.29) is 5.41 Å². The van der Waals surface area contributed by atoms with E-state index in [0.717, 1.165) is 31.9 Å². The van der Waals surface area contributed by atoms with Crippen LogP contribution < -0.4 is 5.32 Å². The van der Waals surface area contributed by atoms with Gasteiger partial charge in [-0.2, -0.15) is 0 Å². The second-order valence-corrected chi connectivity index (χ2v) is 8.41. The number of pyridine rings is 1. The summed E-state index contributed by atoms with van der Waals surface area (Å²) in [5, 5.41) is 4.17. The molecule has 108 valence electrons. The van der Waals surface area contributed by atoms with E-state index in [9.17, 15) is 0 Å². The molecule has 2 aromatic rings. The highest BCUT2D eigenvalue weighted by Crippen LogP contribution is 2.36. The second kappa shape index (κ2) is 6.22. The average Bonchev–Trinajstić information content (AvgIpc) is 2.73. The quantitative estimate of drug-likeness (QED) is 0.781. The zero-order chi connectivity index (χ0) is 14.9. The van der Waals surface area contributed by atoms with Gasteiger partial charge in [-0.25, -0.2) is 4.98 Å². The molecule has 6 heteroatoms. The Hall–Kier alpha value is -0.300. The van der Waals surface area contributed by atoms with Crippen molar-refractivity contribution in [3.05, 3.63) is 31.8 Å². The predicted molar refractivity (Wildman–Crippen MR) is 92.2 cm³/mol. The van der Waals surface area contributed by atoms with E-state index in [1.54, 1.807) is 17.5 Å². The number of nitrogens with one attached hydrogen (secondary N) is 1. The highest BCUT2D eigenvalue weighted by Gasteiger charge is 2.24. The van der Waals surface area contributed by atoms with Crippen molar-refractivity contribution < 1.29 is 0 Å². The molecule has 0 aliphatic rings. The van der Waals surface area contributed by atoms with Gasteiger partial charge in [-0.15, -0.1) is 11.3 Å². The van der Waals surface area contributed by atoms with E-state index in [1.165, 1.54) is 4.88 Å². The van der Waals surface area contributed by atoms with Gasteiger partial charge in [0.05, 0.1) is 5.69 Å². The number of rotatable bonds is 3. The number of hydrogen-bond donors (Lipinski definition) is 1. The first-order chi connectivity index (χ1) is 9.32. The largest absolute Gasteiger partial charge is 0.315 e. The summed E-state index contributed by atoms with van der Waals surface area (Å²) in [6.45, 7) is 7.40. The Morgan fingerprint density at radius 3 is 2.55 bits per heavy atom. The lowest BCUT2D eigenvalue weighted by molar-refractivity contribution is 0.563. The van der Waals surface area contributed by atoms with Crippen molar-refractivity contribution in [1.29, 1.82) is 0 Å². The minimum Gasteiger partial charge on any atom is -0.315 e. The van der Waals surface area contributed by atoms with Crippen LogP contribution in [0.5, 0.6) is 0 Å². The monoisotopic (exact) mass is 417 g/mol. The Morgan fingerprint density at radius 2 is 2.00 bits per heavy atom. The van der Waals surface area contributed by atoms with Gasteiger partial charge in [0.1, 0.15) is 10.7 Å². The molecule has 0 unspecified atom stereocenters. The SMILES string of the molecule is CNCc1sc(-c2ncc(Br)cc2Br)nc1C(C)(C)C. The molecule has 2 heterocycles. The predicted octanol–water partition coefficient (Wildman–Crippen LogP) is 4.75. The van der Waals surface area contributed by atoms with Crippen LogP contribution in [0.25, 0.3) is 10.7 Å². The van der Waals surface area contributed by atoms with Gasteiger partial charge in [-0.1, -0.05) is 20.8 Å². The molecule has 0 fully saturated rings. The third kappa shape index (κ3) is 3.47. The number of nitrogens with zero attached hydrogens (tertiary/aromatic N) is 2. The molecule has 0 radical (unpaired) electrons. The maximum absolute atomic E-state index is 4.83. The lowest BCUT2D eigenvalue weighted by Crippen LogP contribution is -2.16. The normalized spacial score (nSPS) is 11.9. The summed E-state index contributed by atoms with van der Waals surface area (Å²) in [7, 11) is 1.96. The zero-order valence-electron chi connectivity index (χ0n) is 11.9. The van der Waals surface area contributed by atoms with Crippen molar-refractivity contribution >= 4 is 43.2 Å². The van der Waals surface area contributed by atoms with Crippen LogP contribution in [0.1, 0.15) is 31.3 Å². The molecule has 0 aliphatic carbocycles. The Morgan fingerprint density at radius 1 is 1.30 bits per heavy atom. The maximum atomic E-state index is 4.83. The lowest BCUT2D eigenvalue weighted by Gasteiger charge is -2.17. The molecule has 0 atom stereocenters. The van der Waals surface area contributed by atoms with Crippen LogP contribution in [0.3, 0.4) is 0 Å². The highest BCUT2D eigenvalue weighted by atomic mass is 79.9. The van der Waals surface area contributed by atoms with E-state index < -0.39 is 0 Å². The van der Waals surface area contributed by atoms with Crippen molar-refractivity contribution in [3.8, 4) is 10.7 Å². The second-order valence-electron chi connectivity index (χ2n) is 5.56. The standard InChI is InChI=1S/C14H17Br2N3S/c1-14(2,3)12-10(7-17-4)20-13(19-12)11-9(16)5-8(15)6-18-11/h5-6,17H,7H2,1-4H3. The zero-order valence-corrected chi connectivity index (χ0v) is 15.9. The van der Waals surface area contributed by atoms with Gasteiger partial charge in [0.15, 0.2) is 0 Å². The van der Waals surface area contributed by atoms with E-state index in [1.807, 2.05) is 13.1 Å². The maximum Gasteiger partial charge on any atom is 0.143 e. The third-order valence-electron chi connectivity index (χ3n) is 2.76. The van der Waals surface area contributed by atoms with Gasteiger partial charge in [0, 0.05) is 32.0 Å². The van der Waals surface area contributed by atoms with E-state index in [2.05, 4.69) is 62.9 Å². The molecule has 2 rings (SSSR count). The van der Waals surface area contributed by atoms with Gasteiger partial charge in [-0.3, -0.25) is 4.98 Å². The van der Waals surface area contributed by atoms with E-state index in [4.69, 9.17) is 4.98 Å². The molecule has 3 nitrogen and oxygen atoms in total. The summed E-state index contributed by atoms with van der Waals surface area (Å²) >= 11 is 8.69. The van der Waals surface area contributed by atoms with Crippen LogP contribution in [0.2, 0.25) is 0 Å². The Balaban J connectivity index is 2.53. The molecule has 0 bridgehead atoms. The fourth-order valence-electron chi connectivity index (χ4n) is 1.89. The van der Waals surface area contributed by atoms with Gasteiger partial charge >= 0.3 is 0 Å². The molecular formula is C14H17Br2N3S. The average molecular weight is 419 g/mol. The fraction of sp³-hybridized carbons (Fsp3) is 0.429. The number of halogens is 2. The smallest absolute Gasteiger partial charge is 0.143 e. The minimum atomic E-state index is 0.0305. The van der Waals surface area contributed by atoms with Crippen molar-refractivity contribution in [2.75, 3.05) is 7.05 Å². The van der Waals surface area contributed by atoms with E-state index >= 15 is 0 Å². The van der Waals surface area contributed by atoms with Crippen molar-refractivity contribution in [1.82, 2.24) is 15.3 Å². The van der Waals surface area contributed by atoms with Crippen molar-refractivity contribution in [2.24, 2.45) is 0 Å². The van der Waals surface area contributed by atoms with Crippen molar-refractivity contribution in [3.63, 3.8) is 0 Å². The lowest BCUT2D eigenvalue weighted by atomic mass is 9.91. The minimum absolute atomic E-state index is 0.0305. The summed E-state index contributed by atoms with van der Waals surface area (Å²) in [5.41, 5.74) is 2.07. The number of aromatic nitrogens is 2. The molecule has 1 N–H and O–H groups in total. The Kier molecular flexibility index (Phi) is 5.00. The molecule has 2 aromatic heterocycles. The molecule has 0 saturated heterocycles. The van der Waals surface area contributed by atoms with Gasteiger partial charge in [-0.05, 0) is 45.0 Å². The molecule has 0 aliphatic heterocycles. The third-order valence-corrected chi connectivity index (χ3v) is 4.86. The Bertz CT molecular complexity index is 617. The molecular weight excluding hydrogens is 402 g/mol. The van der Waals surface area contributed by atoms with Crippen LogP contribution in [-0.4, -0.2) is 17.0 Å². The van der Waals surface area contributed by atoms with Crippen LogP contribution in [0.15, 0.2) is 21.2 Å². The van der Waals surface area contributed by atoms with E-state index in [0.29, 0.717) is 0 Å². The topological polar surface area (TPSA) is 37.8 Å². The summed E-state index contributed by atoms with van der Waals surface area (Å²) in [4.78, 5) is 10.6. The first-order valence-electron chi connectivity index (χ1n) is 6.29. The molecule has 20 heavy (non-hydrogen) atoms. The summed E-state index contributed by atoms with van der Waals surface area (Å²) in [6.07, 6.45) is 1.80. The van der Waals surface area contributed by atoms with Crippen molar-refractivity contribution in [2.45, 2.75) is 32.7 Å². The molecule has 0 aromatic carbocycles. The van der Waals surface area contributed by atoms with Crippen LogP contribution >= 0.6 is 43.2 Å². The van der Waals surface area contributed by atoms with Gasteiger partial charge in [0.2, 0.25) is 0 Å². The first-order valence-corrected chi connectivity index (χ1v) is 8.69. The van der Waals surface area contributed by atoms with Gasteiger partial charge in [0.25, 0.3) is 0 Å². The van der Waals surface area contributed by atoms with Crippen LogP contribution in [0, 0.1) is 0 Å². The summed E-state index contributed by atoms with van der Waals surface area (Å²) in [5.74, 6) is 0. The van der Waals surface area contributed by atoms with Gasteiger partial charge < -0.3 is 5.32 Å². The first kappa shape index (κ1) is 16.1. The van der Waals surface area contributed by atoms with Crippen LogP contribution in [-0.2, 0) is 12.0 Å². The number of hydrogen-bond acceptors (Lipinski definition) is 4. The Labute approximate surface area is 140 Å².